The van der Waals surface area contributed by atoms with Gasteiger partial charge in [-0.1, -0.05) is 18.2 Å². The van der Waals surface area contributed by atoms with Gasteiger partial charge in [-0.05, 0) is 31.6 Å². The zero-order chi connectivity index (χ0) is 15.4. The molecule has 0 aliphatic carbocycles. The van der Waals surface area contributed by atoms with Gasteiger partial charge >= 0.3 is 0 Å². The number of furan rings is 1. The molecule has 2 heterocycles. The number of aliphatic imine (C=N–C) groups is 1. The number of benzene rings is 1. The van der Waals surface area contributed by atoms with Crippen LogP contribution >= 0.6 is 11.8 Å². The highest BCUT2D eigenvalue weighted by molar-refractivity contribution is 7.99. The average Bonchev–Trinajstić information content (AvgIpc) is 2.89. The van der Waals surface area contributed by atoms with Gasteiger partial charge in [0.05, 0.1) is 6.54 Å². The van der Waals surface area contributed by atoms with Crippen LogP contribution in [0.4, 0.5) is 0 Å². The highest BCUT2D eigenvalue weighted by atomic mass is 32.2. The van der Waals surface area contributed by atoms with Crippen LogP contribution in [0.5, 0.6) is 0 Å². The molecule has 1 aliphatic rings. The number of nitrogens with zero attached hydrogens (tertiary/aromatic N) is 1. The second-order valence-corrected chi connectivity index (χ2v) is 6.78. The molecule has 3 rings (SSSR count). The van der Waals surface area contributed by atoms with E-state index in [1.165, 1.54) is 29.5 Å². The van der Waals surface area contributed by atoms with Crippen molar-refractivity contribution in [2.75, 3.05) is 18.6 Å². The molecule has 4 nitrogen and oxygen atoms in total. The largest absolute Gasteiger partial charge is 0.459 e. The molecule has 0 saturated carbocycles. The summed E-state index contributed by atoms with van der Waals surface area (Å²) < 4.78 is 5.93. The standard InChI is InChI=1S/C17H23N3OS/c1-12-14-7-3-4-8-15(14)21-16(12)10-19-17(18-2)20-13-6-5-9-22-11-13/h3-4,7-8,13H,5-6,9-11H2,1-2H3,(H2,18,19,20). The summed E-state index contributed by atoms with van der Waals surface area (Å²) in [4.78, 5) is 4.32. The zero-order valence-corrected chi connectivity index (χ0v) is 14.0. The van der Waals surface area contributed by atoms with Crippen molar-refractivity contribution in [2.45, 2.75) is 32.4 Å². The predicted molar refractivity (Wildman–Crippen MR) is 94.6 cm³/mol. The van der Waals surface area contributed by atoms with Crippen molar-refractivity contribution in [3.8, 4) is 0 Å². The number of nitrogens with one attached hydrogen (secondary N) is 2. The summed E-state index contributed by atoms with van der Waals surface area (Å²) in [6.07, 6.45) is 2.50. The molecule has 1 atom stereocenters. The molecule has 1 fully saturated rings. The number of rotatable bonds is 3. The fraction of sp³-hybridized carbons (Fsp3) is 0.471. The summed E-state index contributed by atoms with van der Waals surface area (Å²) in [7, 11) is 1.82. The Balaban J connectivity index is 1.63. The minimum absolute atomic E-state index is 0.515. The molecule has 0 amide bonds. The molecule has 1 aromatic heterocycles. The first-order chi connectivity index (χ1) is 10.8. The lowest BCUT2D eigenvalue weighted by molar-refractivity contribution is 0.528. The third-order valence-electron chi connectivity index (χ3n) is 4.08. The van der Waals surface area contributed by atoms with E-state index in [2.05, 4.69) is 28.6 Å². The summed E-state index contributed by atoms with van der Waals surface area (Å²) in [6.45, 7) is 2.76. The first kappa shape index (κ1) is 15.3. The van der Waals surface area contributed by atoms with Crippen LogP contribution in [0.15, 0.2) is 33.7 Å². The SMILES string of the molecule is CN=C(NCc1oc2ccccc2c1C)NC1CCCSC1. The number of thioether (sulfide) groups is 1. The van der Waals surface area contributed by atoms with Crippen molar-refractivity contribution < 1.29 is 4.42 Å². The van der Waals surface area contributed by atoms with E-state index in [1.807, 2.05) is 37.0 Å². The Labute approximate surface area is 135 Å². The van der Waals surface area contributed by atoms with E-state index in [0.29, 0.717) is 12.6 Å². The van der Waals surface area contributed by atoms with Gasteiger partial charge in [-0.15, -0.1) is 0 Å². The van der Waals surface area contributed by atoms with E-state index in [1.54, 1.807) is 0 Å². The van der Waals surface area contributed by atoms with Gasteiger partial charge in [-0.2, -0.15) is 11.8 Å². The first-order valence-electron chi connectivity index (χ1n) is 7.80. The number of para-hydroxylation sites is 1. The van der Waals surface area contributed by atoms with Crippen LogP contribution < -0.4 is 10.6 Å². The van der Waals surface area contributed by atoms with E-state index in [0.717, 1.165) is 23.1 Å². The molecule has 1 aliphatic heterocycles. The van der Waals surface area contributed by atoms with E-state index < -0.39 is 0 Å². The quantitative estimate of drug-likeness (QED) is 0.673. The molecular weight excluding hydrogens is 294 g/mol. The molecule has 22 heavy (non-hydrogen) atoms. The average molecular weight is 317 g/mol. The van der Waals surface area contributed by atoms with E-state index in [-0.39, 0.29) is 0 Å². The highest BCUT2D eigenvalue weighted by Gasteiger charge is 2.15. The lowest BCUT2D eigenvalue weighted by atomic mass is 10.1. The zero-order valence-electron chi connectivity index (χ0n) is 13.2. The maximum absolute atomic E-state index is 5.93. The molecule has 2 aromatic rings. The van der Waals surface area contributed by atoms with Crippen molar-refractivity contribution in [1.82, 2.24) is 10.6 Å². The van der Waals surface area contributed by atoms with Gasteiger partial charge in [0.15, 0.2) is 5.96 Å². The van der Waals surface area contributed by atoms with Gasteiger partial charge in [0.2, 0.25) is 0 Å². The lowest BCUT2D eigenvalue weighted by Gasteiger charge is -2.24. The number of aryl methyl sites for hydroxylation is 1. The van der Waals surface area contributed by atoms with Crippen molar-refractivity contribution in [3.63, 3.8) is 0 Å². The highest BCUT2D eigenvalue weighted by Crippen LogP contribution is 2.24. The normalized spacial score (nSPS) is 19.4. The van der Waals surface area contributed by atoms with Crippen molar-refractivity contribution >= 4 is 28.7 Å². The minimum atomic E-state index is 0.515. The predicted octanol–water partition coefficient (Wildman–Crippen LogP) is 3.30. The maximum atomic E-state index is 5.93. The molecule has 118 valence electrons. The van der Waals surface area contributed by atoms with Crippen molar-refractivity contribution in [1.29, 1.82) is 0 Å². The minimum Gasteiger partial charge on any atom is -0.459 e. The third-order valence-corrected chi connectivity index (χ3v) is 5.30. The van der Waals surface area contributed by atoms with Crippen molar-refractivity contribution in [3.05, 3.63) is 35.6 Å². The summed E-state index contributed by atoms with van der Waals surface area (Å²) in [5, 5.41) is 8.06. The van der Waals surface area contributed by atoms with Crippen LogP contribution in [0, 0.1) is 6.92 Å². The van der Waals surface area contributed by atoms with E-state index >= 15 is 0 Å². The Morgan fingerprint density at radius 1 is 1.41 bits per heavy atom. The maximum Gasteiger partial charge on any atom is 0.191 e. The van der Waals surface area contributed by atoms with Crippen LogP contribution in [-0.4, -0.2) is 30.6 Å². The fourth-order valence-electron chi connectivity index (χ4n) is 2.80. The summed E-state index contributed by atoms with van der Waals surface area (Å²) >= 11 is 2.01. The van der Waals surface area contributed by atoms with Gasteiger partial charge < -0.3 is 15.1 Å². The molecule has 5 heteroatoms. The molecular formula is C17H23N3OS. The second-order valence-electron chi connectivity index (χ2n) is 5.63. The Bertz CT molecular complexity index is 659. The Hall–Kier alpha value is -1.62. The van der Waals surface area contributed by atoms with Gasteiger partial charge in [0, 0.05) is 29.8 Å². The topological polar surface area (TPSA) is 49.6 Å². The van der Waals surface area contributed by atoms with Crippen LogP contribution in [0.1, 0.15) is 24.2 Å². The Morgan fingerprint density at radius 2 is 2.27 bits per heavy atom. The molecule has 0 radical (unpaired) electrons. The second kappa shape index (κ2) is 7.09. The monoisotopic (exact) mass is 317 g/mol. The van der Waals surface area contributed by atoms with E-state index in [9.17, 15) is 0 Å². The third kappa shape index (κ3) is 3.40. The molecule has 2 N–H and O–H groups in total. The summed E-state index contributed by atoms with van der Waals surface area (Å²) in [5.74, 6) is 4.27. The van der Waals surface area contributed by atoms with Crippen LogP contribution in [-0.2, 0) is 6.54 Å². The fourth-order valence-corrected chi connectivity index (χ4v) is 3.87. The molecule has 1 saturated heterocycles. The number of guanidine groups is 1. The van der Waals surface area contributed by atoms with Crippen LogP contribution in [0.3, 0.4) is 0 Å². The van der Waals surface area contributed by atoms with Crippen LogP contribution in [0.2, 0.25) is 0 Å². The Kier molecular flexibility index (Phi) is 4.93. The molecule has 1 unspecified atom stereocenters. The smallest absolute Gasteiger partial charge is 0.191 e. The molecule has 0 spiro atoms. The van der Waals surface area contributed by atoms with Gasteiger partial charge in [-0.25, -0.2) is 0 Å². The van der Waals surface area contributed by atoms with Crippen LogP contribution in [0.25, 0.3) is 11.0 Å². The summed E-state index contributed by atoms with van der Waals surface area (Å²) in [5.41, 5.74) is 2.15. The number of hydrogen-bond acceptors (Lipinski definition) is 3. The van der Waals surface area contributed by atoms with Gasteiger partial charge in [-0.3, -0.25) is 4.99 Å². The number of fused-ring (bicyclic) bond motifs is 1. The molecule has 1 aromatic carbocycles. The van der Waals surface area contributed by atoms with Crippen molar-refractivity contribution in [2.24, 2.45) is 4.99 Å². The van der Waals surface area contributed by atoms with Gasteiger partial charge in [0.1, 0.15) is 11.3 Å². The first-order valence-corrected chi connectivity index (χ1v) is 8.95. The number of hydrogen-bond donors (Lipinski definition) is 2. The lowest BCUT2D eigenvalue weighted by Crippen LogP contribution is -2.45. The summed E-state index contributed by atoms with van der Waals surface area (Å²) in [6, 6.07) is 8.68. The molecule has 0 bridgehead atoms. The Morgan fingerprint density at radius 3 is 3.00 bits per heavy atom. The van der Waals surface area contributed by atoms with Gasteiger partial charge in [0.25, 0.3) is 0 Å². The van der Waals surface area contributed by atoms with E-state index in [4.69, 9.17) is 4.42 Å².